The van der Waals surface area contributed by atoms with Crippen molar-refractivity contribution in [1.29, 1.82) is 0 Å². The molecule has 1 aliphatic heterocycles. The number of β-amino-alcohol motifs (C(OH)–C–C–N with tert-alkyl or cyclic N) is 1. The lowest BCUT2D eigenvalue weighted by molar-refractivity contribution is 0.0971. The van der Waals surface area contributed by atoms with Crippen molar-refractivity contribution in [2.24, 2.45) is 5.14 Å². The SMILES string of the molecule is NS(=O)(=O)c1cccc(-c2cccnc2)c1C1CCN(CC(O)Cc2coc3ccccc23)CC1. The van der Waals surface area contributed by atoms with Crippen LogP contribution in [0.15, 0.2) is 82.6 Å². The summed E-state index contributed by atoms with van der Waals surface area (Å²) in [5, 5.41) is 17.4. The Morgan fingerprint density at radius 1 is 1.09 bits per heavy atom. The van der Waals surface area contributed by atoms with E-state index >= 15 is 0 Å². The highest BCUT2D eigenvalue weighted by molar-refractivity contribution is 7.89. The number of hydrogen-bond donors (Lipinski definition) is 2. The summed E-state index contributed by atoms with van der Waals surface area (Å²) in [7, 11) is -3.88. The molecule has 1 fully saturated rings. The number of aliphatic hydroxyl groups excluding tert-OH is 1. The normalized spacial score (nSPS) is 16.5. The molecule has 0 bridgehead atoms. The first-order valence-electron chi connectivity index (χ1n) is 11.8. The average Bonchev–Trinajstić information content (AvgIpc) is 3.27. The molecule has 0 aliphatic carbocycles. The van der Waals surface area contributed by atoms with Crippen LogP contribution in [0.1, 0.15) is 29.9 Å². The van der Waals surface area contributed by atoms with Crippen LogP contribution in [-0.4, -0.2) is 49.1 Å². The maximum Gasteiger partial charge on any atom is 0.238 e. The zero-order valence-corrected chi connectivity index (χ0v) is 20.2. The fraction of sp³-hybridized carbons (Fsp3) is 0.296. The summed E-state index contributed by atoms with van der Waals surface area (Å²) in [6.45, 7) is 2.08. The molecule has 182 valence electrons. The second kappa shape index (κ2) is 9.91. The minimum atomic E-state index is -3.88. The second-order valence-corrected chi connectivity index (χ2v) is 10.7. The van der Waals surface area contributed by atoms with Gasteiger partial charge in [0.1, 0.15) is 5.58 Å². The molecule has 1 saturated heterocycles. The number of nitrogens with zero attached hydrogens (tertiary/aromatic N) is 2. The van der Waals surface area contributed by atoms with Gasteiger partial charge >= 0.3 is 0 Å². The molecule has 1 unspecified atom stereocenters. The van der Waals surface area contributed by atoms with Crippen LogP contribution in [0.4, 0.5) is 0 Å². The maximum atomic E-state index is 12.4. The van der Waals surface area contributed by atoms with Crippen LogP contribution in [-0.2, 0) is 16.4 Å². The number of piperidine rings is 1. The van der Waals surface area contributed by atoms with Crippen molar-refractivity contribution in [3.63, 3.8) is 0 Å². The van der Waals surface area contributed by atoms with Crippen LogP contribution < -0.4 is 5.14 Å². The van der Waals surface area contributed by atoms with Crippen molar-refractivity contribution < 1.29 is 17.9 Å². The molecule has 7 nitrogen and oxygen atoms in total. The van der Waals surface area contributed by atoms with E-state index < -0.39 is 16.1 Å². The average molecular weight is 492 g/mol. The van der Waals surface area contributed by atoms with Crippen LogP contribution in [0, 0.1) is 0 Å². The summed E-state index contributed by atoms with van der Waals surface area (Å²) < 4.78 is 30.5. The number of aliphatic hydroxyl groups is 1. The number of hydrogen-bond acceptors (Lipinski definition) is 6. The first-order chi connectivity index (χ1) is 16.9. The second-order valence-electron chi connectivity index (χ2n) is 9.19. The molecule has 2 aromatic heterocycles. The number of fused-ring (bicyclic) bond motifs is 1. The first-order valence-corrected chi connectivity index (χ1v) is 13.4. The fourth-order valence-electron chi connectivity index (χ4n) is 5.20. The summed E-state index contributed by atoms with van der Waals surface area (Å²) in [5.41, 5.74) is 4.33. The first kappa shape index (κ1) is 23.7. The summed E-state index contributed by atoms with van der Waals surface area (Å²) in [6.07, 6.45) is 6.73. The molecule has 3 heterocycles. The zero-order valence-electron chi connectivity index (χ0n) is 19.4. The molecule has 1 aliphatic rings. The summed E-state index contributed by atoms with van der Waals surface area (Å²) >= 11 is 0. The van der Waals surface area contributed by atoms with Gasteiger partial charge in [-0.1, -0.05) is 36.4 Å². The van der Waals surface area contributed by atoms with Crippen molar-refractivity contribution >= 4 is 21.0 Å². The Bertz CT molecular complexity index is 1410. The molecule has 5 rings (SSSR count). The number of likely N-dealkylation sites (tertiary alicyclic amines) is 1. The largest absolute Gasteiger partial charge is 0.464 e. The lowest BCUT2D eigenvalue weighted by atomic mass is 9.84. The van der Waals surface area contributed by atoms with Crippen LogP contribution >= 0.6 is 0 Å². The van der Waals surface area contributed by atoms with Gasteiger partial charge in [0.25, 0.3) is 0 Å². The van der Waals surface area contributed by atoms with E-state index in [1.165, 1.54) is 0 Å². The van der Waals surface area contributed by atoms with E-state index in [-0.39, 0.29) is 10.8 Å². The Kier molecular flexibility index (Phi) is 6.71. The highest BCUT2D eigenvalue weighted by Gasteiger charge is 2.29. The fourth-order valence-corrected chi connectivity index (χ4v) is 6.05. The van der Waals surface area contributed by atoms with Crippen molar-refractivity contribution in [1.82, 2.24) is 9.88 Å². The lowest BCUT2D eigenvalue weighted by Crippen LogP contribution is -2.39. The minimum absolute atomic E-state index is 0.0472. The van der Waals surface area contributed by atoms with E-state index in [2.05, 4.69) is 9.88 Å². The summed E-state index contributed by atoms with van der Waals surface area (Å²) in [5.74, 6) is 0.0472. The van der Waals surface area contributed by atoms with Gasteiger partial charge < -0.3 is 14.4 Å². The van der Waals surface area contributed by atoms with Gasteiger partial charge in [0.05, 0.1) is 17.3 Å². The van der Waals surface area contributed by atoms with Gasteiger partial charge in [-0.15, -0.1) is 0 Å². The third kappa shape index (κ3) is 5.16. The Balaban J connectivity index is 1.30. The molecule has 0 spiro atoms. The van der Waals surface area contributed by atoms with Gasteiger partial charge in [-0.25, -0.2) is 13.6 Å². The number of rotatable bonds is 7. The number of para-hydroxylation sites is 1. The Morgan fingerprint density at radius 2 is 1.89 bits per heavy atom. The summed E-state index contributed by atoms with van der Waals surface area (Å²) in [6, 6.07) is 16.9. The van der Waals surface area contributed by atoms with Gasteiger partial charge in [-0.05, 0) is 61.2 Å². The standard InChI is InChI=1S/C27H29N3O4S/c28-35(32,33)26-9-3-7-24(20-5-4-12-29-16-20)27(26)19-10-13-30(14-11-19)17-22(31)15-21-18-34-25-8-2-1-6-23(21)25/h1-9,12,16,18-19,22,31H,10-11,13-15,17H2,(H2,28,32,33). The molecule has 0 saturated carbocycles. The topological polar surface area (TPSA) is 110 Å². The third-order valence-electron chi connectivity index (χ3n) is 6.83. The number of nitrogens with two attached hydrogens (primary N) is 1. The van der Waals surface area contributed by atoms with E-state index in [0.717, 1.165) is 59.2 Å². The zero-order chi connectivity index (χ0) is 24.4. The van der Waals surface area contributed by atoms with Crippen molar-refractivity contribution in [3.8, 4) is 11.1 Å². The van der Waals surface area contributed by atoms with Crippen LogP contribution in [0.3, 0.4) is 0 Å². The van der Waals surface area contributed by atoms with E-state index in [0.29, 0.717) is 13.0 Å². The highest BCUT2D eigenvalue weighted by atomic mass is 32.2. The number of primary sulfonamides is 1. The smallest absolute Gasteiger partial charge is 0.238 e. The minimum Gasteiger partial charge on any atom is -0.464 e. The van der Waals surface area contributed by atoms with Gasteiger partial charge in [-0.2, -0.15) is 0 Å². The van der Waals surface area contributed by atoms with Crippen molar-refractivity contribution in [2.45, 2.75) is 36.2 Å². The molecule has 35 heavy (non-hydrogen) atoms. The molecular formula is C27H29N3O4S. The number of pyridine rings is 1. The molecule has 3 N–H and O–H groups in total. The van der Waals surface area contributed by atoms with Crippen LogP contribution in [0.2, 0.25) is 0 Å². The van der Waals surface area contributed by atoms with E-state index in [1.54, 1.807) is 30.8 Å². The molecular weight excluding hydrogens is 462 g/mol. The van der Waals surface area contributed by atoms with E-state index in [1.807, 2.05) is 42.5 Å². The number of furan rings is 1. The molecule has 0 radical (unpaired) electrons. The molecule has 8 heteroatoms. The molecule has 1 atom stereocenters. The van der Waals surface area contributed by atoms with Crippen LogP contribution in [0.25, 0.3) is 22.1 Å². The predicted octanol–water partition coefficient (Wildman–Crippen LogP) is 3.93. The van der Waals surface area contributed by atoms with E-state index in [9.17, 15) is 13.5 Å². The van der Waals surface area contributed by atoms with E-state index in [4.69, 9.17) is 9.56 Å². The van der Waals surface area contributed by atoms with Crippen molar-refractivity contribution in [3.05, 3.63) is 84.4 Å². The quantitative estimate of drug-likeness (QED) is 0.405. The van der Waals surface area contributed by atoms with Gasteiger partial charge in [0.15, 0.2) is 0 Å². The molecule has 2 aromatic carbocycles. The summed E-state index contributed by atoms with van der Waals surface area (Å²) in [4.78, 5) is 6.64. The Morgan fingerprint density at radius 3 is 2.63 bits per heavy atom. The maximum absolute atomic E-state index is 12.4. The Labute approximate surface area is 205 Å². The van der Waals surface area contributed by atoms with Gasteiger partial charge in [0.2, 0.25) is 10.0 Å². The van der Waals surface area contributed by atoms with Gasteiger partial charge in [-0.3, -0.25) is 4.98 Å². The van der Waals surface area contributed by atoms with Crippen LogP contribution in [0.5, 0.6) is 0 Å². The molecule has 0 amide bonds. The monoisotopic (exact) mass is 491 g/mol. The Hall–Kier alpha value is -3.04. The van der Waals surface area contributed by atoms with Crippen molar-refractivity contribution in [2.75, 3.05) is 19.6 Å². The predicted molar refractivity (Wildman–Crippen MR) is 135 cm³/mol. The molecule has 4 aromatic rings. The van der Waals surface area contributed by atoms with Gasteiger partial charge in [0, 0.05) is 41.9 Å². The third-order valence-corrected chi connectivity index (χ3v) is 7.80. The highest BCUT2D eigenvalue weighted by Crippen LogP contribution is 2.39. The lowest BCUT2D eigenvalue weighted by Gasteiger charge is -2.34. The number of aromatic nitrogens is 1. The number of sulfonamides is 1. The number of benzene rings is 2.